The Morgan fingerprint density at radius 3 is 2.58 bits per heavy atom. The second kappa shape index (κ2) is 4.81. The second-order valence-electron chi connectivity index (χ2n) is 3.61. The molecule has 0 bridgehead atoms. The van der Waals surface area contributed by atoms with Crippen LogP contribution < -0.4 is 10.5 Å². The third-order valence-electron chi connectivity index (χ3n) is 2.32. The highest BCUT2D eigenvalue weighted by Crippen LogP contribution is 2.24. The Bertz CT molecular complexity index is 720. The van der Waals surface area contributed by atoms with Crippen molar-refractivity contribution < 1.29 is 17.2 Å². The molecule has 2 rings (SSSR count). The number of benzene rings is 1. The van der Waals surface area contributed by atoms with Gasteiger partial charge in [-0.3, -0.25) is 9.71 Å². The zero-order valence-electron chi connectivity index (χ0n) is 9.47. The van der Waals surface area contributed by atoms with E-state index in [-0.39, 0.29) is 5.69 Å². The standard InChI is InChI=1S/C11H9F2N3O2S/c12-7-2-1-3-10(11(7)14)19(17,18)16-9-4-5-15-6-8(9)13/h1-6H,14H2,(H,15,16). The predicted octanol–water partition coefficient (Wildman–Crippen LogP) is 1.74. The maximum atomic E-state index is 13.3. The third-order valence-corrected chi connectivity index (χ3v) is 3.74. The van der Waals surface area contributed by atoms with Crippen LogP contribution in [-0.4, -0.2) is 13.4 Å². The average molecular weight is 285 g/mol. The summed E-state index contributed by atoms with van der Waals surface area (Å²) in [5.41, 5.74) is 4.54. The van der Waals surface area contributed by atoms with E-state index in [1.165, 1.54) is 12.3 Å². The molecule has 0 amide bonds. The van der Waals surface area contributed by atoms with Gasteiger partial charge in [0.25, 0.3) is 10.0 Å². The molecule has 0 fully saturated rings. The third kappa shape index (κ3) is 2.63. The van der Waals surface area contributed by atoms with Crippen molar-refractivity contribution in [2.45, 2.75) is 4.90 Å². The SMILES string of the molecule is Nc1c(F)cccc1S(=O)(=O)Nc1ccncc1F. The van der Waals surface area contributed by atoms with Gasteiger partial charge in [0.2, 0.25) is 0 Å². The van der Waals surface area contributed by atoms with Crippen LogP contribution in [0.5, 0.6) is 0 Å². The Balaban J connectivity index is 2.44. The molecule has 0 aliphatic carbocycles. The lowest BCUT2D eigenvalue weighted by molar-refractivity contribution is 0.594. The Labute approximate surface area is 108 Å². The first-order chi connectivity index (χ1) is 8.92. The molecule has 0 spiro atoms. The van der Waals surface area contributed by atoms with Gasteiger partial charge in [-0.25, -0.2) is 17.2 Å². The van der Waals surface area contributed by atoms with Crippen LogP contribution >= 0.6 is 0 Å². The molecule has 1 aromatic heterocycles. The molecule has 5 nitrogen and oxygen atoms in total. The van der Waals surface area contributed by atoms with Crippen molar-refractivity contribution >= 4 is 21.4 Å². The Kier molecular flexibility index (Phi) is 3.34. The van der Waals surface area contributed by atoms with Gasteiger partial charge in [-0.2, -0.15) is 0 Å². The molecule has 0 aliphatic heterocycles. The summed E-state index contributed by atoms with van der Waals surface area (Å²) in [6, 6.07) is 4.49. The number of anilines is 2. The molecule has 0 aliphatic rings. The van der Waals surface area contributed by atoms with Crippen LogP contribution in [0.15, 0.2) is 41.6 Å². The van der Waals surface area contributed by atoms with E-state index >= 15 is 0 Å². The smallest absolute Gasteiger partial charge is 0.264 e. The van der Waals surface area contributed by atoms with Crippen LogP contribution in [0, 0.1) is 11.6 Å². The van der Waals surface area contributed by atoms with Gasteiger partial charge < -0.3 is 5.73 Å². The van der Waals surface area contributed by atoms with E-state index in [9.17, 15) is 17.2 Å². The highest BCUT2D eigenvalue weighted by atomic mass is 32.2. The number of aromatic nitrogens is 1. The van der Waals surface area contributed by atoms with Crippen molar-refractivity contribution in [3.8, 4) is 0 Å². The van der Waals surface area contributed by atoms with Crippen LogP contribution in [-0.2, 0) is 10.0 Å². The number of sulfonamides is 1. The average Bonchev–Trinajstić information content (AvgIpc) is 2.35. The van der Waals surface area contributed by atoms with E-state index in [4.69, 9.17) is 5.73 Å². The van der Waals surface area contributed by atoms with Crippen molar-refractivity contribution in [1.29, 1.82) is 0 Å². The van der Waals surface area contributed by atoms with Crippen molar-refractivity contribution in [3.63, 3.8) is 0 Å². The number of nitrogens with two attached hydrogens (primary N) is 1. The minimum atomic E-state index is -4.17. The molecule has 0 radical (unpaired) electrons. The summed E-state index contributed by atoms with van der Waals surface area (Å²) in [5.74, 6) is -1.71. The van der Waals surface area contributed by atoms with E-state index in [0.717, 1.165) is 24.4 Å². The summed E-state index contributed by atoms with van der Waals surface area (Å²) in [7, 11) is -4.17. The first-order valence-electron chi connectivity index (χ1n) is 5.08. The van der Waals surface area contributed by atoms with Crippen LogP contribution in [0.25, 0.3) is 0 Å². The minimum Gasteiger partial charge on any atom is -0.395 e. The lowest BCUT2D eigenvalue weighted by atomic mass is 10.3. The quantitative estimate of drug-likeness (QED) is 0.841. The molecule has 8 heteroatoms. The first kappa shape index (κ1) is 13.2. The van der Waals surface area contributed by atoms with Crippen molar-refractivity contribution in [2.75, 3.05) is 10.5 Å². The van der Waals surface area contributed by atoms with Gasteiger partial charge in [-0.1, -0.05) is 6.07 Å². The minimum absolute atomic E-state index is 0.293. The van der Waals surface area contributed by atoms with Gasteiger partial charge in [0, 0.05) is 6.20 Å². The highest BCUT2D eigenvalue weighted by Gasteiger charge is 2.20. The number of nitrogens with zero attached hydrogens (tertiary/aromatic N) is 1. The lowest BCUT2D eigenvalue weighted by Crippen LogP contribution is -2.16. The fraction of sp³-hybridized carbons (Fsp3) is 0. The van der Waals surface area contributed by atoms with Gasteiger partial charge >= 0.3 is 0 Å². The number of hydrogen-bond acceptors (Lipinski definition) is 4. The van der Waals surface area contributed by atoms with E-state index < -0.39 is 32.2 Å². The monoisotopic (exact) mass is 285 g/mol. The summed E-state index contributed by atoms with van der Waals surface area (Å²) in [5, 5.41) is 0. The molecular formula is C11H9F2N3O2S. The van der Waals surface area contributed by atoms with Gasteiger partial charge in [0.1, 0.15) is 10.7 Å². The lowest BCUT2D eigenvalue weighted by Gasteiger charge is -2.10. The van der Waals surface area contributed by atoms with Gasteiger partial charge in [-0.15, -0.1) is 0 Å². The molecule has 19 heavy (non-hydrogen) atoms. The van der Waals surface area contributed by atoms with E-state index in [0.29, 0.717) is 0 Å². The summed E-state index contributed by atoms with van der Waals surface area (Å²) in [6.07, 6.45) is 2.07. The number of halogens is 2. The fourth-order valence-corrected chi connectivity index (χ4v) is 2.62. The molecule has 1 aromatic carbocycles. The normalized spacial score (nSPS) is 11.3. The van der Waals surface area contributed by atoms with Crippen LogP contribution in [0.3, 0.4) is 0 Å². The van der Waals surface area contributed by atoms with Crippen LogP contribution in [0.1, 0.15) is 0 Å². The number of hydrogen-bond donors (Lipinski definition) is 2. The Hall–Kier alpha value is -2.22. The van der Waals surface area contributed by atoms with E-state index in [1.807, 2.05) is 4.72 Å². The number of pyridine rings is 1. The topological polar surface area (TPSA) is 85.1 Å². The van der Waals surface area contributed by atoms with Gasteiger partial charge in [0.05, 0.1) is 17.6 Å². The maximum Gasteiger partial charge on any atom is 0.264 e. The Morgan fingerprint density at radius 2 is 1.89 bits per heavy atom. The molecule has 100 valence electrons. The summed E-state index contributed by atoms with van der Waals surface area (Å²) < 4.78 is 52.5. The predicted molar refractivity (Wildman–Crippen MR) is 65.8 cm³/mol. The largest absolute Gasteiger partial charge is 0.395 e. The zero-order valence-corrected chi connectivity index (χ0v) is 10.3. The Morgan fingerprint density at radius 1 is 1.16 bits per heavy atom. The molecule has 0 saturated heterocycles. The van der Waals surface area contributed by atoms with Crippen LogP contribution in [0.4, 0.5) is 20.2 Å². The number of para-hydroxylation sites is 1. The van der Waals surface area contributed by atoms with E-state index in [1.54, 1.807) is 0 Å². The summed E-state index contributed by atoms with van der Waals surface area (Å²) >= 11 is 0. The number of nitrogen functional groups attached to an aromatic ring is 1. The molecule has 0 saturated carbocycles. The van der Waals surface area contributed by atoms with Crippen molar-refractivity contribution in [1.82, 2.24) is 4.98 Å². The molecule has 1 heterocycles. The molecule has 2 aromatic rings. The maximum absolute atomic E-state index is 13.3. The van der Waals surface area contributed by atoms with Gasteiger partial charge in [-0.05, 0) is 18.2 Å². The van der Waals surface area contributed by atoms with Crippen LogP contribution in [0.2, 0.25) is 0 Å². The van der Waals surface area contributed by atoms with Crippen molar-refractivity contribution in [2.24, 2.45) is 0 Å². The first-order valence-corrected chi connectivity index (χ1v) is 6.56. The molecule has 0 atom stereocenters. The summed E-state index contributed by atoms with van der Waals surface area (Å²) in [4.78, 5) is 3.03. The molecule has 3 N–H and O–H groups in total. The zero-order chi connectivity index (χ0) is 14.0. The highest BCUT2D eigenvalue weighted by molar-refractivity contribution is 7.92. The van der Waals surface area contributed by atoms with Crippen molar-refractivity contribution in [3.05, 3.63) is 48.3 Å². The summed E-state index contributed by atoms with van der Waals surface area (Å²) in [6.45, 7) is 0. The molecular weight excluding hydrogens is 276 g/mol. The second-order valence-corrected chi connectivity index (χ2v) is 5.26. The van der Waals surface area contributed by atoms with Gasteiger partial charge in [0.15, 0.2) is 5.82 Å². The fourth-order valence-electron chi connectivity index (χ4n) is 1.41. The van der Waals surface area contributed by atoms with E-state index in [2.05, 4.69) is 4.98 Å². The molecule has 0 unspecified atom stereocenters. The number of nitrogens with one attached hydrogen (secondary N) is 1. The number of rotatable bonds is 3.